The van der Waals surface area contributed by atoms with Crippen LogP contribution in [0.4, 0.5) is 0 Å². The third-order valence-electron chi connectivity index (χ3n) is 5.63. The zero-order valence-corrected chi connectivity index (χ0v) is 20.7. The lowest BCUT2D eigenvalue weighted by Crippen LogP contribution is -2.45. The molecule has 2 heterocycles. The number of phenolic OH excluding ortho intramolecular Hbond substituents is 2. The maximum absolute atomic E-state index is 11.0. The fraction of sp³-hybridized carbons (Fsp3) is 0.417. The van der Waals surface area contributed by atoms with Crippen LogP contribution in [0.1, 0.15) is 25.3 Å². The summed E-state index contributed by atoms with van der Waals surface area (Å²) in [6.07, 6.45) is 0. The monoisotopic (exact) mass is 487 g/mol. The molecule has 10 heteroatoms. The Morgan fingerprint density at radius 2 is 1.76 bits per heavy atom. The number of phenols is 2. The molecule has 9 nitrogen and oxygen atoms in total. The molecule has 0 bridgehead atoms. The second-order valence-electron chi connectivity index (χ2n) is 8.60. The quantitative estimate of drug-likeness (QED) is 0.339. The standard InChI is InChI=1S/C13H20N2OS.C11H13N3O3/c1-14-6-8-15(9-7-14)10-11-16-12-2-4-13(17)5-3-12;1-5(2)6-3-7(9(16)4-8(6)15)10-12-11(17)14-13-10/h2-5,17H,6-11H2,1H3;3-5,15-16H,1-2H3,(H2,12,13,14,17). The molecule has 0 aliphatic carbocycles. The summed E-state index contributed by atoms with van der Waals surface area (Å²) in [6, 6.07) is 10.7. The Morgan fingerprint density at radius 1 is 1.09 bits per heavy atom. The van der Waals surface area contributed by atoms with Crippen LogP contribution in [-0.4, -0.2) is 81.6 Å². The predicted octanol–water partition coefficient (Wildman–Crippen LogP) is 2.90. The topological polar surface area (TPSA) is 118 Å². The first-order chi connectivity index (χ1) is 16.2. The third-order valence-corrected chi connectivity index (χ3v) is 5.93. The van der Waals surface area contributed by atoms with Crippen molar-refractivity contribution in [3.05, 3.63) is 52.4 Å². The van der Waals surface area contributed by atoms with E-state index in [-0.39, 0.29) is 23.2 Å². The van der Waals surface area contributed by atoms with E-state index < -0.39 is 5.69 Å². The van der Waals surface area contributed by atoms with E-state index in [9.17, 15) is 15.0 Å². The second kappa shape index (κ2) is 12.0. The number of H-pyrrole nitrogens is 2. The first kappa shape index (κ1) is 25.7. The lowest BCUT2D eigenvalue weighted by Gasteiger charge is -2.32. The highest BCUT2D eigenvalue weighted by molar-refractivity contribution is 7.80. The molecule has 2 aromatic carbocycles. The second-order valence-corrected chi connectivity index (χ2v) is 9.11. The highest BCUT2D eigenvalue weighted by atomic mass is 32.1. The molecular weight excluding hydrogens is 454 g/mol. The Bertz CT molecular complexity index is 1110. The number of hydrogen-bond acceptors (Lipinski definition) is 8. The average molecular weight is 488 g/mol. The Morgan fingerprint density at radius 3 is 2.35 bits per heavy atom. The van der Waals surface area contributed by atoms with Gasteiger partial charge in [0.25, 0.3) is 0 Å². The third kappa shape index (κ3) is 7.28. The number of aromatic amines is 2. The fourth-order valence-electron chi connectivity index (χ4n) is 3.55. The van der Waals surface area contributed by atoms with Gasteiger partial charge in [-0.15, -0.1) is 12.6 Å². The zero-order valence-electron chi connectivity index (χ0n) is 19.8. The Kier molecular flexibility index (Phi) is 9.03. The Balaban J connectivity index is 0.000000191. The van der Waals surface area contributed by atoms with Crippen LogP contribution in [0.15, 0.2) is 46.1 Å². The molecule has 0 atom stereocenters. The normalized spacial score (nSPS) is 14.6. The number of nitrogens with zero attached hydrogens (tertiary/aromatic N) is 3. The Hall–Kier alpha value is -2.95. The van der Waals surface area contributed by atoms with Crippen LogP contribution in [0.2, 0.25) is 0 Å². The lowest BCUT2D eigenvalue weighted by molar-refractivity contribution is 0.133. The van der Waals surface area contributed by atoms with Crippen molar-refractivity contribution in [3.63, 3.8) is 0 Å². The van der Waals surface area contributed by atoms with E-state index in [1.165, 1.54) is 6.07 Å². The van der Waals surface area contributed by atoms with E-state index in [0.717, 1.165) is 50.0 Å². The summed E-state index contributed by atoms with van der Waals surface area (Å²) >= 11 is 4.25. The number of aromatic hydroxyl groups is 2. The molecule has 0 amide bonds. The van der Waals surface area contributed by atoms with Gasteiger partial charge in [0.05, 0.1) is 5.56 Å². The summed E-state index contributed by atoms with van der Waals surface area (Å²) in [5.41, 5.74) is 0.616. The zero-order chi connectivity index (χ0) is 24.7. The molecule has 3 aromatic rings. The van der Waals surface area contributed by atoms with Crippen LogP contribution in [0.5, 0.6) is 17.2 Å². The van der Waals surface area contributed by atoms with Crippen LogP contribution in [0.3, 0.4) is 0 Å². The van der Waals surface area contributed by atoms with Gasteiger partial charge in [0.2, 0.25) is 0 Å². The van der Waals surface area contributed by atoms with Gasteiger partial charge in [0, 0.05) is 43.7 Å². The fourth-order valence-corrected chi connectivity index (χ4v) is 3.70. The summed E-state index contributed by atoms with van der Waals surface area (Å²) in [5, 5.41) is 25.4. The molecule has 0 spiro atoms. The summed E-state index contributed by atoms with van der Waals surface area (Å²) in [6.45, 7) is 10.2. The van der Waals surface area contributed by atoms with Gasteiger partial charge in [-0.25, -0.2) is 9.89 Å². The van der Waals surface area contributed by atoms with E-state index >= 15 is 0 Å². The molecule has 1 aliphatic rings. The number of ether oxygens (including phenoxy) is 1. The molecule has 1 aromatic heterocycles. The predicted molar refractivity (Wildman–Crippen MR) is 135 cm³/mol. The van der Waals surface area contributed by atoms with Crippen molar-refractivity contribution in [2.75, 3.05) is 46.4 Å². The van der Waals surface area contributed by atoms with Gasteiger partial charge in [-0.05, 0) is 48.9 Å². The van der Waals surface area contributed by atoms with Crippen molar-refractivity contribution in [3.8, 4) is 28.6 Å². The maximum Gasteiger partial charge on any atom is 0.340 e. The number of rotatable bonds is 6. The van der Waals surface area contributed by atoms with E-state index in [1.807, 2.05) is 38.1 Å². The van der Waals surface area contributed by atoms with Crippen molar-refractivity contribution in [2.24, 2.45) is 0 Å². The minimum absolute atomic E-state index is 0.0270. The molecule has 4 N–H and O–H groups in total. The van der Waals surface area contributed by atoms with Crippen molar-refractivity contribution < 1.29 is 14.9 Å². The minimum atomic E-state index is -0.446. The number of piperazine rings is 1. The molecule has 1 aliphatic heterocycles. The summed E-state index contributed by atoms with van der Waals surface area (Å²) < 4.78 is 5.70. The van der Waals surface area contributed by atoms with Crippen molar-refractivity contribution in [1.29, 1.82) is 0 Å². The first-order valence-corrected chi connectivity index (χ1v) is 11.7. The van der Waals surface area contributed by atoms with Gasteiger partial charge in [0.1, 0.15) is 23.9 Å². The smallest absolute Gasteiger partial charge is 0.340 e. The van der Waals surface area contributed by atoms with Crippen LogP contribution in [0, 0.1) is 0 Å². The van der Waals surface area contributed by atoms with E-state index in [1.54, 1.807) is 6.07 Å². The number of thiol groups is 1. The van der Waals surface area contributed by atoms with Gasteiger partial charge in [-0.1, -0.05) is 13.8 Å². The van der Waals surface area contributed by atoms with Crippen LogP contribution in [0.25, 0.3) is 11.4 Å². The molecule has 34 heavy (non-hydrogen) atoms. The molecule has 1 saturated heterocycles. The van der Waals surface area contributed by atoms with Crippen molar-refractivity contribution >= 4 is 12.6 Å². The van der Waals surface area contributed by atoms with Gasteiger partial charge >= 0.3 is 5.69 Å². The van der Waals surface area contributed by atoms with Gasteiger partial charge in [-0.2, -0.15) is 5.10 Å². The van der Waals surface area contributed by atoms with Crippen LogP contribution >= 0.6 is 12.6 Å². The van der Waals surface area contributed by atoms with Gasteiger partial charge in [0.15, 0.2) is 5.82 Å². The lowest BCUT2D eigenvalue weighted by atomic mass is 9.98. The first-order valence-electron chi connectivity index (χ1n) is 11.3. The van der Waals surface area contributed by atoms with Crippen molar-refractivity contribution in [2.45, 2.75) is 24.7 Å². The molecule has 1 fully saturated rings. The Labute approximate surface area is 204 Å². The highest BCUT2D eigenvalue weighted by Gasteiger charge is 2.15. The van der Waals surface area contributed by atoms with E-state index in [0.29, 0.717) is 11.1 Å². The maximum atomic E-state index is 11.0. The summed E-state index contributed by atoms with van der Waals surface area (Å²) in [7, 11) is 2.17. The molecule has 0 saturated carbocycles. The minimum Gasteiger partial charge on any atom is -0.508 e. The summed E-state index contributed by atoms with van der Waals surface area (Å²) in [5.74, 6) is 1.17. The molecular formula is C24H33N5O4S. The molecule has 0 unspecified atom stereocenters. The number of hydrogen-bond donors (Lipinski definition) is 5. The van der Waals surface area contributed by atoms with E-state index in [2.05, 4.69) is 44.7 Å². The highest BCUT2D eigenvalue weighted by Crippen LogP contribution is 2.36. The number of benzene rings is 2. The van der Waals surface area contributed by atoms with E-state index in [4.69, 9.17) is 4.74 Å². The number of likely N-dealkylation sites (N-methyl/N-ethyl adjacent to an activating group) is 1. The van der Waals surface area contributed by atoms with Crippen molar-refractivity contribution in [1.82, 2.24) is 25.0 Å². The average Bonchev–Trinajstić information content (AvgIpc) is 3.22. The summed E-state index contributed by atoms with van der Waals surface area (Å²) in [4.78, 5) is 19.2. The molecule has 0 radical (unpaired) electrons. The van der Waals surface area contributed by atoms with Crippen LogP contribution in [-0.2, 0) is 0 Å². The van der Waals surface area contributed by atoms with Gasteiger partial charge in [-0.3, -0.25) is 9.88 Å². The molecule has 4 rings (SSSR count). The largest absolute Gasteiger partial charge is 0.508 e. The van der Waals surface area contributed by atoms with Crippen LogP contribution < -0.4 is 10.4 Å². The number of aromatic nitrogens is 3. The van der Waals surface area contributed by atoms with Gasteiger partial charge < -0.3 is 19.8 Å². The molecule has 184 valence electrons. The SMILES string of the molecule is CC(C)c1cc(-c2n[nH]c(=O)[nH]2)c(O)cc1O.CN1CCN(CCOc2ccc(S)cc2)CC1. The number of nitrogens with one attached hydrogen (secondary N) is 2.